The van der Waals surface area contributed by atoms with E-state index >= 15 is 0 Å². The highest BCUT2D eigenvalue weighted by atomic mass is 16.5. The average Bonchev–Trinajstić information content (AvgIpc) is 2.40. The molecule has 3 unspecified atom stereocenters. The fraction of sp³-hybridized carbons (Fsp3) is 0.938. The summed E-state index contributed by atoms with van der Waals surface area (Å²) in [6.07, 6.45) is 6.17. The highest BCUT2D eigenvalue weighted by Gasteiger charge is 2.26. The van der Waals surface area contributed by atoms with Gasteiger partial charge in [0.1, 0.15) is 0 Å². The van der Waals surface area contributed by atoms with Gasteiger partial charge in [-0.15, -0.1) is 0 Å². The number of ether oxygens (including phenoxy) is 1. The third kappa shape index (κ3) is 7.56. The minimum absolute atomic E-state index is 0.224. The minimum Gasteiger partial charge on any atom is -0.465 e. The molecule has 19 heavy (non-hydrogen) atoms. The molecule has 0 aromatic carbocycles. The lowest BCUT2D eigenvalue weighted by molar-refractivity contribution is -0.154. The Kier molecular flexibility index (Phi) is 10.9. The summed E-state index contributed by atoms with van der Waals surface area (Å²) in [5, 5.41) is 9.94. The molecule has 0 saturated carbocycles. The number of hydrogen-bond donors (Lipinski definition) is 1. The Morgan fingerprint density at radius 2 is 1.74 bits per heavy atom. The zero-order valence-electron chi connectivity index (χ0n) is 13.2. The van der Waals surface area contributed by atoms with Crippen molar-refractivity contribution in [2.24, 2.45) is 11.8 Å². The van der Waals surface area contributed by atoms with E-state index in [1.807, 2.05) is 13.8 Å². The molecule has 3 heteroatoms. The SMILES string of the molecule is CCCCC(CC)COC(=O)C(CC)C(O)CCC. The first kappa shape index (κ1) is 18.4. The molecule has 0 radical (unpaired) electrons. The quantitative estimate of drug-likeness (QED) is 0.580. The normalized spacial score (nSPS) is 15.8. The van der Waals surface area contributed by atoms with E-state index in [9.17, 15) is 9.90 Å². The van der Waals surface area contributed by atoms with Crippen LogP contribution in [0.15, 0.2) is 0 Å². The van der Waals surface area contributed by atoms with Gasteiger partial charge in [-0.05, 0) is 25.2 Å². The van der Waals surface area contributed by atoms with Gasteiger partial charge in [0.05, 0.1) is 18.6 Å². The summed E-state index contributed by atoms with van der Waals surface area (Å²) >= 11 is 0. The molecule has 0 aliphatic heterocycles. The number of unbranched alkanes of at least 4 members (excludes halogenated alkanes) is 1. The van der Waals surface area contributed by atoms with Crippen LogP contribution >= 0.6 is 0 Å². The van der Waals surface area contributed by atoms with E-state index in [4.69, 9.17) is 4.74 Å². The first-order valence-corrected chi connectivity index (χ1v) is 7.95. The molecule has 0 bridgehead atoms. The van der Waals surface area contributed by atoms with Crippen molar-refractivity contribution in [2.45, 2.75) is 78.7 Å². The maximum atomic E-state index is 12.0. The molecule has 0 aromatic rings. The van der Waals surface area contributed by atoms with Crippen molar-refractivity contribution in [3.63, 3.8) is 0 Å². The predicted molar refractivity (Wildman–Crippen MR) is 79.0 cm³/mol. The third-order valence-corrected chi connectivity index (χ3v) is 3.80. The molecule has 0 saturated heterocycles. The van der Waals surface area contributed by atoms with Crippen LogP contribution in [0.5, 0.6) is 0 Å². The van der Waals surface area contributed by atoms with Gasteiger partial charge in [-0.2, -0.15) is 0 Å². The molecule has 0 amide bonds. The Hall–Kier alpha value is -0.570. The number of carbonyl (C=O) groups excluding carboxylic acids is 1. The molecule has 0 heterocycles. The number of aliphatic hydroxyl groups is 1. The highest BCUT2D eigenvalue weighted by molar-refractivity contribution is 5.73. The summed E-state index contributed by atoms with van der Waals surface area (Å²) in [5.74, 6) is -0.119. The molecule has 114 valence electrons. The molecule has 0 aliphatic carbocycles. The van der Waals surface area contributed by atoms with Gasteiger partial charge >= 0.3 is 5.97 Å². The Morgan fingerprint density at radius 1 is 1.05 bits per heavy atom. The molecule has 1 N–H and O–H groups in total. The molecular formula is C16H32O3. The van der Waals surface area contributed by atoms with E-state index in [-0.39, 0.29) is 11.9 Å². The number of carbonyl (C=O) groups is 1. The van der Waals surface area contributed by atoms with Crippen LogP contribution in [0.2, 0.25) is 0 Å². The van der Waals surface area contributed by atoms with E-state index in [0.717, 1.165) is 19.3 Å². The van der Waals surface area contributed by atoms with E-state index < -0.39 is 6.10 Å². The average molecular weight is 272 g/mol. The topological polar surface area (TPSA) is 46.5 Å². The van der Waals surface area contributed by atoms with Gasteiger partial charge in [-0.25, -0.2) is 0 Å². The molecule has 0 aromatic heterocycles. The zero-order chi connectivity index (χ0) is 14.7. The monoisotopic (exact) mass is 272 g/mol. The van der Waals surface area contributed by atoms with Crippen molar-refractivity contribution in [1.82, 2.24) is 0 Å². The Labute approximate surface area is 118 Å². The summed E-state index contributed by atoms with van der Waals surface area (Å²) in [7, 11) is 0. The number of hydrogen-bond acceptors (Lipinski definition) is 3. The van der Waals surface area contributed by atoms with Crippen LogP contribution in [-0.2, 0) is 9.53 Å². The van der Waals surface area contributed by atoms with Gasteiger partial charge in [0.15, 0.2) is 0 Å². The number of esters is 1. The van der Waals surface area contributed by atoms with E-state index in [0.29, 0.717) is 25.4 Å². The van der Waals surface area contributed by atoms with Gasteiger partial charge in [0.25, 0.3) is 0 Å². The van der Waals surface area contributed by atoms with Crippen LogP contribution in [-0.4, -0.2) is 23.8 Å². The summed E-state index contributed by atoms with van der Waals surface area (Å²) < 4.78 is 5.41. The Morgan fingerprint density at radius 3 is 2.21 bits per heavy atom. The number of aliphatic hydroxyl groups excluding tert-OH is 1. The third-order valence-electron chi connectivity index (χ3n) is 3.80. The van der Waals surface area contributed by atoms with Gasteiger partial charge in [0.2, 0.25) is 0 Å². The van der Waals surface area contributed by atoms with Crippen LogP contribution in [0, 0.1) is 11.8 Å². The van der Waals surface area contributed by atoms with Gasteiger partial charge in [-0.3, -0.25) is 4.79 Å². The van der Waals surface area contributed by atoms with Crippen molar-refractivity contribution in [3.05, 3.63) is 0 Å². The maximum absolute atomic E-state index is 12.0. The highest BCUT2D eigenvalue weighted by Crippen LogP contribution is 2.18. The van der Waals surface area contributed by atoms with Crippen LogP contribution in [0.4, 0.5) is 0 Å². The van der Waals surface area contributed by atoms with Gasteiger partial charge in [0, 0.05) is 0 Å². The molecular weight excluding hydrogens is 240 g/mol. The van der Waals surface area contributed by atoms with Gasteiger partial charge < -0.3 is 9.84 Å². The predicted octanol–water partition coefficient (Wildman–Crippen LogP) is 3.93. The lowest BCUT2D eigenvalue weighted by Crippen LogP contribution is -2.30. The molecule has 3 nitrogen and oxygen atoms in total. The second-order valence-electron chi connectivity index (χ2n) is 5.42. The summed E-state index contributed by atoms with van der Waals surface area (Å²) in [5.41, 5.74) is 0. The van der Waals surface area contributed by atoms with Crippen molar-refractivity contribution >= 4 is 5.97 Å². The van der Waals surface area contributed by atoms with Crippen LogP contribution < -0.4 is 0 Å². The summed E-state index contributed by atoms with van der Waals surface area (Å²) in [6, 6.07) is 0. The molecule has 0 fully saturated rings. The molecule has 0 aliphatic rings. The Bertz CT molecular complexity index is 228. The maximum Gasteiger partial charge on any atom is 0.311 e. The second kappa shape index (κ2) is 11.3. The van der Waals surface area contributed by atoms with Crippen LogP contribution in [0.3, 0.4) is 0 Å². The lowest BCUT2D eigenvalue weighted by atomic mass is 9.96. The second-order valence-corrected chi connectivity index (χ2v) is 5.42. The first-order valence-electron chi connectivity index (χ1n) is 7.95. The first-order chi connectivity index (χ1) is 9.10. The lowest BCUT2D eigenvalue weighted by Gasteiger charge is -2.21. The smallest absolute Gasteiger partial charge is 0.311 e. The molecule has 3 atom stereocenters. The van der Waals surface area contributed by atoms with Crippen LogP contribution in [0.1, 0.15) is 72.6 Å². The van der Waals surface area contributed by atoms with Crippen LogP contribution in [0.25, 0.3) is 0 Å². The summed E-state index contributed by atoms with van der Waals surface area (Å²) in [6.45, 7) is 8.76. The fourth-order valence-electron chi connectivity index (χ4n) is 2.30. The largest absolute Gasteiger partial charge is 0.465 e. The van der Waals surface area contributed by atoms with E-state index in [2.05, 4.69) is 13.8 Å². The minimum atomic E-state index is -0.557. The van der Waals surface area contributed by atoms with Crippen molar-refractivity contribution in [3.8, 4) is 0 Å². The number of rotatable bonds is 11. The Balaban J connectivity index is 4.17. The van der Waals surface area contributed by atoms with Gasteiger partial charge in [-0.1, -0.05) is 53.4 Å². The van der Waals surface area contributed by atoms with E-state index in [1.54, 1.807) is 0 Å². The fourth-order valence-corrected chi connectivity index (χ4v) is 2.30. The molecule has 0 rings (SSSR count). The standard InChI is InChI=1S/C16H32O3/c1-5-9-11-13(7-3)12-19-16(18)14(8-4)15(17)10-6-2/h13-15,17H,5-12H2,1-4H3. The van der Waals surface area contributed by atoms with Crippen molar-refractivity contribution in [2.75, 3.05) is 6.61 Å². The zero-order valence-corrected chi connectivity index (χ0v) is 13.2. The summed E-state index contributed by atoms with van der Waals surface area (Å²) in [4.78, 5) is 12.0. The van der Waals surface area contributed by atoms with Crippen molar-refractivity contribution < 1.29 is 14.6 Å². The van der Waals surface area contributed by atoms with E-state index in [1.165, 1.54) is 12.8 Å². The van der Waals surface area contributed by atoms with Crippen molar-refractivity contribution in [1.29, 1.82) is 0 Å². The molecule has 0 spiro atoms.